The Morgan fingerprint density at radius 2 is 2.12 bits per heavy atom. The van der Waals surface area contributed by atoms with Crippen LogP contribution in [0.3, 0.4) is 0 Å². The van der Waals surface area contributed by atoms with Gasteiger partial charge in [-0.25, -0.2) is 0 Å². The smallest absolute Gasteiger partial charge is 0.240 e. The maximum Gasteiger partial charge on any atom is 0.240 e. The molecule has 1 heterocycles. The monoisotopic (exact) mass is 355 g/mol. The van der Waals surface area contributed by atoms with Gasteiger partial charge < -0.3 is 20.3 Å². The van der Waals surface area contributed by atoms with Crippen molar-refractivity contribution >= 4 is 24.2 Å². The van der Waals surface area contributed by atoms with Gasteiger partial charge in [0.2, 0.25) is 11.8 Å². The molecule has 24 heavy (non-hydrogen) atoms. The third kappa shape index (κ3) is 6.47. The second kappa shape index (κ2) is 11.0. The molecule has 1 aromatic rings. The predicted molar refractivity (Wildman–Crippen MR) is 95.3 cm³/mol. The third-order valence-electron chi connectivity index (χ3n) is 3.92. The van der Waals surface area contributed by atoms with Crippen LogP contribution < -0.4 is 10.6 Å². The molecule has 0 spiro atoms. The van der Waals surface area contributed by atoms with E-state index in [-0.39, 0.29) is 30.6 Å². The van der Waals surface area contributed by atoms with Gasteiger partial charge in [-0.2, -0.15) is 0 Å². The molecule has 1 aliphatic heterocycles. The van der Waals surface area contributed by atoms with Crippen LogP contribution in [-0.2, 0) is 20.7 Å². The minimum atomic E-state index is -0.433. The lowest BCUT2D eigenvalue weighted by Gasteiger charge is -2.32. The highest BCUT2D eigenvalue weighted by Crippen LogP contribution is 2.05. The van der Waals surface area contributed by atoms with E-state index in [1.54, 1.807) is 12.0 Å². The van der Waals surface area contributed by atoms with E-state index in [1.807, 2.05) is 30.3 Å². The molecule has 0 radical (unpaired) electrons. The number of ether oxygens (including phenoxy) is 1. The van der Waals surface area contributed by atoms with Gasteiger partial charge in [0, 0.05) is 33.3 Å². The largest absolute Gasteiger partial charge is 0.383 e. The van der Waals surface area contributed by atoms with Crippen LogP contribution in [0.1, 0.15) is 12.0 Å². The first-order valence-electron chi connectivity index (χ1n) is 8.02. The molecule has 134 valence electrons. The van der Waals surface area contributed by atoms with Crippen molar-refractivity contribution in [1.82, 2.24) is 15.5 Å². The molecule has 1 unspecified atom stereocenters. The van der Waals surface area contributed by atoms with Crippen molar-refractivity contribution < 1.29 is 14.3 Å². The quantitative estimate of drug-likeness (QED) is 0.716. The Morgan fingerprint density at radius 3 is 2.83 bits per heavy atom. The van der Waals surface area contributed by atoms with Crippen LogP contribution in [0.25, 0.3) is 0 Å². The van der Waals surface area contributed by atoms with Gasteiger partial charge in [0.1, 0.15) is 0 Å². The molecular weight excluding hydrogens is 330 g/mol. The second-order valence-electron chi connectivity index (χ2n) is 5.61. The Balaban J connectivity index is 0.00000288. The van der Waals surface area contributed by atoms with Gasteiger partial charge in [-0.15, -0.1) is 12.4 Å². The molecule has 1 aromatic carbocycles. The number of hydrogen-bond donors (Lipinski definition) is 2. The number of carbonyl (C=O) groups excluding carboxylic acids is 2. The zero-order valence-corrected chi connectivity index (χ0v) is 14.8. The molecule has 0 aromatic heterocycles. The molecule has 1 saturated heterocycles. The van der Waals surface area contributed by atoms with Crippen molar-refractivity contribution in [2.24, 2.45) is 0 Å². The maximum absolute atomic E-state index is 12.3. The van der Waals surface area contributed by atoms with E-state index in [4.69, 9.17) is 4.74 Å². The minimum absolute atomic E-state index is 0. The zero-order valence-electron chi connectivity index (χ0n) is 14.0. The third-order valence-corrected chi connectivity index (χ3v) is 3.92. The van der Waals surface area contributed by atoms with E-state index >= 15 is 0 Å². The number of piperazine rings is 1. The highest BCUT2D eigenvalue weighted by molar-refractivity contribution is 5.88. The summed E-state index contributed by atoms with van der Waals surface area (Å²) in [5.74, 6) is -0.119. The number of benzene rings is 1. The van der Waals surface area contributed by atoms with Crippen LogP contribution in [0.15, 0.2) is 30.3 Å². The molecule has 2 rings (SSSR count). The molecule has 2 amide bonds. The fourth-order valence-electron chi connectivity index (χ4n) is 2.62. The number of halogens is 1. The summed E-state index contributed by atoms with van der Waals surface area (Å²) in [5, 5.41) is 6.00. The van der Waals surface area contributed by atoms with Crippen LogP contribution >= 0.6 is 12.4 Å². The Morgan fingerprint density at radius 1 is 1.38 bits per heavy atom. The van der Waals surface area contributed by atoms with Crippen molar-refractivity contribution in [1.29, 1.82) is 0 Å². The van der Waals surface area contributed by atoms with Crippen LogP contribution in [0.2, 0.25) is 0 Å². The summed E-state index contributed by atoms with van der Waals surface area (Å²) in [6.45, 7) is 3.04. The number of nitrogens with one attached hydrogen (secondary N) is 2. The summed E-state index contributed by atoms with van der Waals surface area (Å²) < 4.78 is 5.01. The fraction of sp³-hybridized carbons (Fsp3) is 0.529. The average Bonchev–Trinajstić information content (AvgIpc) is 2.57. The van der Waals surface area contributed by atoms with Gasteiger partial charge in [-0.1, -0.05) is 30.3 Å². The summed E-state index contributed by atoms with van der Waals surface area (Å²) in [6.07, 6.45) is 0.968. The van der Waals surface area contributed by atoms with E-state index < -0.39 is 6.04 Å². The molecule has 1 fully saturated rings. The standard InChI is InChI=1S/C17H25N3O3.ClH/c1-23-12-11-20-10-9-18-15(17(20)22)13-16(21)19-8-7-14-5-3-2-4-6-14;/h2-6,15,18H,7-13H2,1H3,(H,19,21);1H. The van der Waals surface area contributed by atoms with E-state index in [1.165, 1.54) is 5.56 Å². The van der Waals surface area contributed by atoms with Crippen molar-refractivity contribution in [3.63, 3.8) is 0 Å². The highest BCUT2D eigenvalue weighted by Gasteiger charge is 2.29. The van der Waals surface area contributed by atoms with Crippen LogP contribution in [0.5, 0.6) is 0 Å². The molecule has 2 N–H and O–H groups in total. The van der Waals surface area contributed by atoms with Gasteiger partial charge in [0.05, 0.1) is 19.1 Å². The number of amides is 2. The lowest BCUT2D eigenvalue weighted by molar-refractivity contribution is -0.138. The molecule has 0 aliphatic carbocycles. The van der Waals surface area contributed by atoms with E-state index in [9.17, 15) is 9.59 Å². The van der Waals surface area contributed by atoms with Crippen molar-refractivity contribution in [2.75, 3.05) is 39.9 Å². The summed E-state index contributed by atoms with van der Waals surface area (Å²) in [6, 6.07) is 9.57. The van der Waals surface area contributed by atoms with Gasteiger partial charge in [-0.05, 0) is 12.0 Å². The van der Waals surface area contributed by atoms with Gasteiger partial charge in [-0.3, -0.25) is 9.59 Å². The topological polar surface area (TPSA) is 70.7 Å². The van der Waals surface area contributed by atoms with Crippen LogP contribution in [-0.4, -0.2) is 62.7 Å². The maximum atomic E-state index is 12.3. The first kappa shape index (κ1) is 20.4. The zero-order chi connectivity index (χ0) is 16.5. The Kier molecular flexibility index (Phi) is 9.37. The molecule has 1 aliphatic rings. The predicted octanol–water partition coefficient (Wildman–Crippen LogP) is 0.604. The normalized spacial score (nSPS) is 17.3. The summed E-state index contributed by atoms with van der Waals surface area (Å²) >= 11 is 0. The number of carbonyl (C=O) groups is 2. The van der Waals surface area contributed by atoms with Crippen molar-refractivity contribution in [2.45, 2.75) is 18.9 Å². The fourth-order valence-corrected chi connectivity index (χ4v) is 2.62. The lowest BCUT2D eigenvalue weighted by Crippen LogP contribution is -2.56. The van der Waals surface area contributed by atoms with Gasteiger partial charge in [0.15, 0.2) is 0 Å². The molecule has 7 heteroatoms. The first-order valence-corrected chi connectivity index (χ1v) is 8.02. The molecular formula is C17H26ClN3O3. The highest BCUT2D eigenvalue weighted by atomic mass is 35.5. The second-order valence-corrected chi connectivity index (χ2v) is 5.61. The minimum Gasteiger partial charge on any atom is -0.383 e. The van der Waals surface area contributed by atoms with E-state index in [2.05, 4.69) is 10.6 Å². The van der Waals surface area contributed by atoms with Crippen molar-refractivity contribution in [3.8, 4) is 0 Å². The Bertz CT molecular complexity index is 513. The summed E-state index contributed by atoms with van der Waals surface area (Å²) in [7, 11) is 1.62. The molecule has 0 saturated carbocycles. The number of hydrogen-bond acceptors (Lipinski definition) is 4. The number of nitrogens with zero attached hydrogens (tertiary/aromatic N) is 1. The van der Waals surface area contributed by atoms with Crippen LogP contribution in [0.4, 0.5) is 0 Å². The number of rotatable bonds is 8. The summed E-state index contributed by atoms with van der Waals surface area (Å²) in [4.78, 5) is 26.1. The van der Waals surface area contributed by atoms with E-state index in [0.717, 1.165) is 6.42 Å². The lowest BCUT2D eigenvalue weighted by atomic mass is 10.1. The Hall–Kier alpha value is -1.63. The molecule has 1 atom stereocenters. The molecule has 6 nitrogen and oxygen atoms in total. The SMILES string of the molecule is COCCN1CCNC(CC(=O)NCCc2ccccc2)C1=O.Cl. The number of methoxy groups -OCH3 is 1. The van der Waals surface area contributed by atoms with Gasteiger partial charge in [0.25, 0.3) is 0 Å². The van der Waals surface area contributed by atoms with Crippen molar-refractivity contribution in [3.05, 3.63) is 35.9 Å². The first-order chi connectivity index (χ1) is 11.2. The average molecular weight is 356 g/mol. The van der Waals surface area contributed by atoms with Crippen LogP contribution in [0, 0.1) is 0 Å². The van der Waals surface area contributed by atoms with E-state index in [0.29, 0.717) is 32.8 Å². The Labute approximate surface area is 149 Å². The van der Waals surface area contributed by atoms with Gasteiger partial charge >= 0.3 is 0 Å². The molecule has 0 bridgehead atoms. The summed E-state index contributed by atoms with van der Waals surface area (Å²) in [5.41, 5.74) is 1.19.